The van der Waals surface area contributed by atoms with Gasteiger partial charge in [0.2, 0.25) is 6.54 Å². The zero-order chi connectivity index (χ0) is 42.1. The molecule has 0 fully saturated rings. The summed E-state index contributed by atoms with van der Waals surface area (Å²) in [5.74, 6) is -2.61. The van der Waals surface area contributed by atoms with Crippen LogP contribution in [0.25, 0.3) is 0 Å². The number of pyridine rings is 1. The van der Waals surface area contributed by atoms with E-state index in [1.165, 1.54) is 141 Å². The van der Waals surface area contributed by atoms with E-state index in [-0.39, 0.29) is 18.5 Å². The summed E-state index contributed by atoms with van der Waals surface area (Å²) >= 11 is 0. The Hall–Kier alpha value is -3.03. The van der Waals surface area contributed by atoms with Crippen molar-refractivity contribution < 1.29 is 33.2 Å². The van der Waals surface area contributed by atoms with Gasteiger partial charge in [-0.1, -0.05) is 181 Å². The molecule has 0 radical (unpaired) electrons. The first-order valence-corrected chi connectivity index (χ1v) is 24.1. The standard InChI is InChI=1S/C50H85N2O6/c1-6-9-11-13-15-17-19-21-23-25-27-29-31-33-38-57-49(54)46-42(4)51-43(5)47(48(46)44-36-35-37-52(40-44)41-45(53)56-8-3)50(55)58-39-34-32-30-28-26-24-22-20-18-16-14-12-10-7-2/h35-37,40,46,48H,6-34,38-39,41H2,1-5H3/q+1. The Labute approximate surface area is 354 Å². The van der Waals surface area contributed by atoms with E-state index < -0.39 is 17.8 Å². The van der Waals surface area contributed by atoms with Crippen LogP contribution in [0.3, 0.4) is 0 Å². The van der Waals surface area contributed by atoms with Crippen molar-refractivity contribution in [3.05, 3.63) is 41.4 Å². The highest BCUT2D eigenvalue weighted by Crippen LogP contribution is 2.40. The third-order valence-electron chi connectivity index (χ3n) is 11.6. The zero-order valence-corrected chi connectivity index (χ0v) is 37.9. The molecule has 1 aromatic rings. The van der Waals surface area contributed by atoms with Gasteiger partial charge in [-0.2, -0.15) is 4.57 Å². The van der Waals surface area contributed by atoms with Crippen LogP contribution in [-0.2, 0) is 35.1 Å². The van der Waals surface area contributed by atoms with Crippen LogP contribution in [0.5, 0.6) is 0 Å². The molecule has 2 unspecified atom stereocenters. The number of unbranched alkanes of at least 4 members (excludes halogenated alkanes) is 26. The minimum absolute atomic E-state index is 0.0251. The Kier molecular flexibility index (Phi) is 29.8. The zero-order valence-electron chi connectivity index (χ0n) is 37.9. The molecule has 0 saturated heterocycles. The molecule has 0 saturated carbocycles. The van der Waals surface area contributed by atoms with E-state index in [0.29, 0.717) is 36.8 Å². The number of carbonyl (C=O) groups excluding carboxylic acids is 3. The Balaban J connectivity index is 1.89. The van der Waals surface area contributed by atoms with Crippen LogP contribution in [0, 0.1) is 5.92 Å². The number of esters is 3. The number of nitrogens with zero attached hydrogens (tertiary/aromatic N) is 2. The predicted molar refractivity (Wildman–Crippen MR) is 238 cm³/mol. The van der Waals surface area contributed by atoms with Crippen LogP contribution in [0.15, 0.2) is 40.8 Å². The molecule has 2 heterocycles. The normalized spacial score (nSPS) is 15.4. The molecule has 0 bridgehead atoms. The van der Waals surface area contributed by atoms with Gasteiger partial charge in [0.05, 0.1) is 25.4 Å². The Morgan fingerprint density at radius 2 is 1.02 bits per heavy atom. The minimum atomic E-state index is -0.780. The summed E-state index contributed by atoms with van der Waals surface area (Å²) in [6, 6.07) is 3.73. The van der Waals surface area contributed by atoms with Crippen LogP contribution < -0.4 is 4.57 Å². The van der Waals surface area contributed by atoms with Crippen molar-refractivity contribution in [1.29, 1.82) is 0 Å². The monoisotopic (exact) mass is 810 g/mol. The van der Waals surface area contributed by atoms with Gasteiger partial charge < -0.3 is 14.2 Å². The molecule has 1 aliphatic heterocycles. The van der Waals surface area contributed by atoms with Gasteiger partial charge >= 0.3 is 17.9 Å². The van der Waals surface area contributed by atoms with E-state index in [1.54, 1.807) is 17.7 Å². The fourth-order valence-electron chi connectivity index (χ4n) is 8.25. The van der Waals surface area contributed by atoms with Crippen molar-refractivity contribution in [2.45, 2.75) is 227 Å². The quantitative estimate of drug-likeness (QED) is 0.0290. The first-order chi connectivity index (χ1) is 28.3. The Morgan fingerprint density at radius 1 is 0.586 bits per heavy atom. The summed E-state index contributed by atoms with van der Waals surface area (Å²) in [7, 11) is 0. The molecule has 0 N–H and O–H groups in total. The van der Waals surface area contributed by atoms with Crippen molar-refractivity contribution in [3.63, 3.8) is 0 Å². The van der Waals surface area contributed by atoms with E-state index in [1.807, 2.05) is 32.2 Å². The highest BCUT2D eigenvalue weighted by atomic mass is 16.5. The number of ether oxygens (including phenoxy) is 3. The van der Waals surface area contributed by atoms with Gasteiger partial charge in [0.1, 0.15) is 5.92 Å². The number of carbonyl (C=O) groups is 3. The number of allylic oxidation sites excluding steroid dienone is 1. The lowest BCUT2D eigenvalue weighted by atomic mass is 9.76. The summed E-state index contributed by atoms with van der Waals surface area (Å²) in [6.07, 6.45) is 38.9. The summed E-state index contributed by atoms with van der Waals surface area (Å²) in [6.45, 7) is 10.9. The Bertz CT molecular complexity index is 1320. The maximum atomic E-state index is 13.9. The van der Waals surface area contributed by atoms with E-state index >= 15 is 0 Å². The molecule has 0 aromatic carbocycles. The average Bonchev–Trinajstić information content (AvgIpc) is 3.20. The summed E-state index contributed by atoms with van der Waals surface area (Å²) in [5.41, 5.74) is 2.26. The second-order valence-corrected chi connectivity index (χ2v) is 16.8. The molecule has 58 heavy (non-hydrogen) atoms. The highest BCUT2D eigenvalue weighted by Gasteiger charge is 2.43. The van der Waals surface area contributed by atoms with Crippen LogP contribution in [0.1, 0.15) is 226 Å². The summed E-state index contributed by atoms with van der Waals surface area (Å²) in [5, 5.41) is 0. The third-order valence-corrected chi connectivity index (χ3v) is 11.6. The lowest BCUT2D eigenvalue weighted by Crippen LogP contribution is -2.41. The SMILES string of the molecule is CCCCCCCCCCCCCCCCOC(=O)C1=C(C)N=C(C)C(C(=O)OCCCCCCCCCCCCCCCC)C1c1ccc[n+](CC(=O)OCC)c1. The first kappa shape index (κ1) is 51.1. The second-order valence-electron chi connectivity index (χ2n) is 16.8. The lowest BCUT2D eigenvalue weighted by molar-refractivity contribution is -0.686. The maximum Gasteiger partial charge on any atom is 0.372 e. The molecule has 2 rings (SSSR count). The van der Waals surface area contributed by atoms with Gasteiger partial charge in [-0.25, -0.2) is 9.59 Å². The number of hydrogen-bond acceptors (Lipinski definition) is 7. The van der Waals surface area contributed by atoms with Gasteiger partial charge in [0.25, 0.3) is 0 Å². The number of aliphatic imine (C=N–C) groups is 1. The van der Waals surface area contributed by atoms with Crippen molar-refractivity contribution in [1.82, 2.24) is 0 Å². The third kappa shape index (κ3) is 22.4. The molecule has 0 amide bonds. The predicted octanol–water partition coefficient (Wildman–Crippen LogP) is 13.0. The van der Waals surface area contributed by atoms with Gasteiger partial charge in [-0.05, 0) is 39.7 Å². The molecule has 0 spiro atoms. The molecule has 1 aromatic heterocycles. The molecular formula is C50H85N2O6+. The van der Waals surface area contributed by atoms with Gasteiger partial charge in [-0.3, -0.25) is 9.79 Å². The number of hydrogen-bond donors (Lipinski definition) is 0. The number of aromatic nitrogens is 1. The van der Waals surface area contributed by atoms with E-state index in [9.17, 15) is 14.4 Å². The van der Waals surface area contributed by atoms with Crippen LogP contribution in [0.2, 0.25) is 0 Å². The van der Waals surface area contributed by atoms with Crippen LogP contribution in [0.4, 0.5) is 0 Å². The molecular weight excluding hydrogens is 725 g/mol. The highest BCUT2D eigenvalue weighted by molar-refractivity contribution is 6.07. The second kappa shape index (κ2) is 33.8. The van der Waals surface area contributed by atoms with E-state index in [4.69, 9.17) is 19.2 Å². The van der Waals surface area contributed by atoms with Crippen molar-refractivity contribution in [2.75, 3.05) is 19.8 Å². The lowest BCUT2D eigenvalue weighted by Gasteiger charge is -2.31. The fraction of sp³-hybridized carbons (Fsp3) is 0.780. The van der Waals surface area contributed by atoms with Crippen molar-refractivity contribution in [3.8, 4) is 0 Å². The smallest absolute Gasteiger partial charge is 0.372 e. The van der Waals surface area contributed by atoms with Crippen LogP contribution in [-0.4, -0.2) is 43.4 Å². The largest absolute Gasteiger partial charge is 0.465 e. The summed E-state index contributed by atoms with van der Waals surface area (Å²) < 4.78 is 18.7. The molecule has 8 nitrogen and oxygen atoms in total. The summed E-state index contributed by atoms with van der Waals surface area (Å²) in [4.78, 5) is 44.9. The average molecular weight is 810 g/mol. The van der Waals surface area contributed by atoms with E-state index in [2.05, 4.69) is 13.8 Å². The van der Waals surface area contributed by atoms with Gasteiger partial charge in [0, 0.05) is 29.0 Å². The Morgan fingerprint density at radius 3 is 1.47 bits per heavy atom. The topological polar surface area (TPSA) is 95.1 Å². The van der Waals surface area contributed by atoms with Gasteiger partial charge in [-0.15, -0.1) is 0 Å². The number of rotatable bonds is 36. The fourth-order valence-corrected chi connectivity index (χ4v) is 8.25. The molecule has 1 aliphatic rings. The van der Waals surface area contributed by atoms with Crippen molar-refractivity contribution >= 4 is 23.6 Å². The molecule has 2 atom stereocenters. The first-order valence-electron chi connectivity index (χ1n) is 24.1. The van der Waals surface area contributed by atoms with Crippen LogP contribution >= 0.6 is 0 Å². The van der Waals surface area contributed by atoms with E-state index in [0.717, 1.165) is 44.1 Å². The molecule has 8 heteroatoms. The molecule has 0 aliphatic carbocycles. The minimum Gasteiger partial charge on any atom is -0.465 e. The van der Waals surface area contributed by atoms with Crippen molar-refractivity contribution in [2.24, 2.45) is 10.9 Å². The maximum absolute atomic E-state index is 13.9. The molecule has 330 valence electrons. The van der Waals surface area contributed by atoms with Gasteiger partial charge in [0.15, 0.2) is 12.4 Å².